The van der Waals surface area contributed by atoms with Crippen LogP contribution in [0, 0.1) is 12.8 Å². The Bertz CT molecular complexity index is 937. The number of nitrogens with one attached hydrogen (secondary N) is 2. The van der Waals surface area contributed by atoms with E-state index in [9.17, 15) is 14.4 Å². The van der Waals surface area contributed by atoms with E-state index in [-0.39, 0.29) is 17.7 Å². The molecule has 3 rings (SSSR count). The van der Waals surface area contributed by atoms with E-state index in [0.29, 0.717) is 42.2 Å². The standard InChI is InChI=1S/C25H31N3O3/c1-17(2)13-14-26-24(30)22-8-5-15-28(22)25(31)19-9-11-21(12-10-19)27-23(29)20-7-4-6-18(3)16-20/h4,6-7,9-12,16-17,22H,5,8,13-15H2,1-3H3,(H,26,30)(H,27,29)/t22-/m0/s1. The molecule has 1 fully saturated rings. The van der Waals surface area contributed by atoms with E-state index < -0.39 is 6.04 Å². The van der Waals surface area contributed by atoms with Gasteiger partial charge in [0.1, 0.15) is 6.04 Å². The molecule has 31 heavy (non-hydrogen) atoms. The zero-order valence-corrected chi connectivity index (χ0v) is 18.5. The van der Waals surface area contributed by atoms with Gasteiger partial charge in [-0.25, -0.2) is 0 Å². The topological polar surface area (TPSA) is 78.5 Å². The molecule has 2 N–H and O–H groups in total. The number of aryl methyl sites for hydroxylation is 1. The van der Waals surface area contributed by atoms with Crippen molar-refractivity contribution in [1.29, 1.82) is 0 Å². The lowest BCUT2D eigenvalue weighted by atomic mass is 10.1. The molecule has 1 atom stereocenters. The summed E-state index contributed by atoms with van der Waals surface area (Å²) in [5.74, 6) is 0.0959. The van der Waals surface area contributed by atoms with Crippen LogP contribution < -0.4 is 10.6 Å². The van der Waals surface area contributed by atoms with E-state index in [1.165, 1.54) is 0 Å². The van der Waals surface area contributed by atoms with Gasteiger partial charge < -0.3 is 15.5 Å². The van der Waals surface area contributed by atoms with Crippen LogP contribution in [0.25, 0.3) is 0 Å². The van der Waals surface area contributed by atoms with E-state index in [0.717, 1.165) is 18.4 Å². The summed E-state index contributed by atoms with van der Waals surface area (Å²) < 4.78 is 0. The van der Waals surface area contributed by atoms with Gasteiger partial charge in [-0.1, -0.05) is 31.5 Å². The monoisotopic (exact) mass is 421 g/mol. The highest BCUT2D eigenvalue weighted by molar-refractivity contribution is 6.04. The second-order valence-electron chi connectivity index (χ2n) is 8.53. The van der Waals surface area contributed by atoms with Crippen LogP contribution in [0.2, 0.25) is 0 Å². The minimum Gasteiger partial charge on any atom is -0.354 e. The van der Waals surface area contributed by atoms with Gasteiger partial charge in [-0.2, -0.15) is 0 Å². The van der Waals surface area contributed by atoms with Crippen molar-refractivity contribution in [1.82, 2.24) is 10.2 Å². The van der Waals surface area contributed by atoms with Crippen molar-refractivity contribution in [3.8, 4) is 0 Å². The number of amides is 3. The van der Waals surface area contributed by atoms with E-state index >= 15 is 0 Å². The van der Waals surface area contributed by atoms with Crippen LogP contribution >= 0.6 is 0 Å². The summed E-state index contributed by atoms with van der Waals surface area (Å²) in [7, 11) is 0. The van der Waals surface area contributed by atoms with Crippen LogP contribution in [0.4, 0.5) is 5.69 Å². The lowest BCUT2D eigenvalue weighted by molar-refractivity contribution is -0.124. The van der Waals surface area contributed by atoms with Crippen LogP contribution in [0.5, 0.6) is 0 Å². The zero-order chi connectivity index (χ0) is 22.4. The molecule has 3 amide bonds. The third kappa shape index (κ3) is 5.94. The van der Waals surface area contributed by atoms with Crippen molar-refractivity contribution >= 4 is 23.4 Å². The first-order valence-corrected chi connectivity index (χ1v) is 10.9. The number of benzene rings is 2. The minimum absolute atomic E-state index is 0.0754. The second kappa shape index (κ2) is 10.2. The van der Waals surface area contributed by atoms with Crippen molar-refractivity contribution in [2.24, 2.45) is 5.92 Å². The fourth-order valence-electron chi connectivity index (χ4n) is 3.74. The summed E-state index contributed by atoms with van der Waals surface area (Å²) in [5.41, 5.74) is 2.73. The van der Waals surface area contributed by atoms with Gasteiger partial charge in [-0.3, -0.25) is 14.4 Å². The van der Waals surface area contributed by atoms with Gasteiger partial charge in [0.05, 0.1) is 0 Å². The highest BCUT2D eigenvalue weighted by Crippen LogP contribution is 2.21. The number of nitrogens with zero attached hydrogens (tertiary/aromatic N) is 1. The molecule has 1 aliphatic rings. The van der Waals surface area contributed by atoms with Crippen LogP contribution in [0.15, 0.2) is 48.5 Å². The van der Waals surface area contributed by atoms with Crippen LogP contribution in [0.3, 0.4) is 0 Å². The minimum atomic E-state index is -0.416. The average molecular weight is 422 g/mol. The average Bonchev–Trinajstić information content (AvgIpc) is 3.23. The molecule has 2 aromatic carbocycles. The maximum atomic E-state index is 13.0. The van der Waals surface area contributed by atoms with Crippen LogP contribution in [0.1, 0.15) is 59.4 Å². The molecular formula is C25H31N3O3. The molecule has 2 aromatic rings. The summed E-state index contributed by atoms with van der Waals surface area (Å²) >= 11 is 0. The molecule has 0 aliphatic carbocycles. The number of carbonyl (C=O) groups excluding carboxylic acids is 3. The first-order valence-electron chi connectivity index (χ1n) is 10.9. The van der Waals surface area contributed by atoms with Gasteiger partial charge >= 0.3 is 0 Å². The lowest BCUT2D eigenvalue weighted by Crippen LogP contribution is -2.46. The Labute approximate surface area is 184 Å². The van der Waals surface area contributed by atoms with Gasteiger partial charge in [-0.15, -0.1) is 0 Å². The van der Waals surface area contributed by atoms with Crippen molar-refractivity contribution in [2.75, 3.05) is 18.4 Å². The third-order valence-electron chi connectivity index (χ3n) is 5.51. The molecule has 1 saturated heterocycles. The molecule has 0 bridgehead atoms. The highest BCUT2D eigenvalue weighted by atomic mass is 16.2. The molecule has 164 valence electrons. The van der Waals surface area contributed by atoms with Gasteiger partial charge in [0.15, 0.2) is 0 Å². The molecule has 0 radical (unpaired) electrons. The Hall–Kier alpha value is -3.15. The SMILES string of the molecule is Cc1cccc(C(=O)Nc2ccc(C(=O)N3CCC[C@H]3C(=O)NCCC(C)C)cc2)c1. The molecule has 0 unspecified atom stereocenters. The van der Waals surface area contributed by atoms with Gasteiger partial charge in [0, 0.05) is 29.9 Å². The molecule has 6 heteroatoms. The molecule has 0 aromatic heterocycles. The van der Waals surface area contributed by atoms with E-state index in [4.69, 9.17) is 0 Å². The third-order valence-corrected chi connectivity index (χ3v) is 5.51. The van der Waals surface area contributed by atoms with Crippen molar-refractivity contribution in [2.45, 2.75) is 46.1 Å². The Morgan fingerprint density at radius 2 is 1.81 bits per heavy atom. The smallest absolute Gasteiger partial charge is 0.255 e. The van der Waals surface area contributed by atoms with E-state index in [1.54, 1.807) is 35.2 Å². The maximum absolute atomic E-state index is 13.0. The predicted molar refractivity (Wildman–Crippen MR) is 122 cm³/mol. The molecule has 1 aliphatic heterocycles. The number of anilines is 1. The normalized spacial score (nSPS) is 15.7. The largest absolute Gasteiger partial charge is 0.354 e. The van der Waals surface area contributed by atoms with E-state index in [1.807, 2.05) is 25.1 Å². The van der Waals surface area contributed by atoms with Crippen LogP contribution in [-0.4, -0.2) is 41.8 Å². The highest BCUT2D eigenvalue weighted by Gasteiger charge is 2.34. The Morgan fingerprint density at radius 1 is 1.06 bits per heavy atom. The number of rotatable bonds is 7. The fraction of sp³-hybridized carbons (Fsp3) is 0.400. The summed E-state index contributed by atoms with van der Waals surface area (Å²) in [6.07, 6.45) is 2.42. The first kappa shape index (κ1) is 22.5. The second-order valence-corrected chi connectivity index (χ2v) is 8.53. The number of likely N-dealkylation sites (tertiary alicyclic amines) is 1. The van der Waals surface area contributed by atoms with Crippen LogP contribution in [-0.2, 0) is 4.79 Å². The summed E-state index contributed by atoms with van der Waals surface area (Å²) in [4.78, 5) is 39.6. The lowest BCUT2D eigenvalue weighted by Gasteiger charge is -2.24. The number of hydrogen-bond donors (Lipinski definition) is 2. The molecule has 0 saturated carbocycles. The number of hydrogen-bond acceptors (Lipinski definition) is 3. The molecule has 0 spiro atoms. The fourth-order valence-corrected chi connectivity index (χ4v) is 3.74. The predicted octanol–water partition coefficient (Wildman–Crippen LogP) is 4.01. The summed E-state index contributed by atoms with van der Waals surface area (Å²) in [6, 6.07) is 13.8. The van der Waals surface area contributed by atoms with Gasteiger partial charge in [0.2, 0.25) is 5.91 Å². The first-order chi connectivity index (χ1) is 14.8. The Balaban J connectivity index is 1.61. The Morgan fingerprint density at radius 3 is 2.48 bits per heavy atom. The van der Waals surface area contributed by atoms with Crippen molar-refractivity contribution in [3.05, 3.63) is 65.2 Å². The zero-order valence-electron chi connectivity index (χ0n) is 18.5. The molecule has 6 nitrogen and oxygen atoms in total. The van der Waals surface area contributed by atoms with E-state index in [2.05, 4.69) is 24.5 Å². The van der Waals surface area contributed by atoms with Gasteiger partial charge in [0.25, 0.3) is 11.8 Å². The summed E-state index contributed by atoms with van der Waals surface area (Å²) in [6.45, 7) is 7.37. The van der Waals surface area contributed by atoms with Crippen molar-refractivity contribution < 1.29 is 14.4 Å². The molecular weight excluding hydrogens is 390 g/mol. The van der Waals surface area contributed by atoms with Gasteiger partial charge in [-0.05, 0) is 68.5 Å². The molecule has 1 heterocycles. The maximum Gasteiger partial charge on any atom is 0.255 e. The quantitative estimate of drug-likeness (QED) is 0.709. The number of carbonyl (C=O) groups is 3. The summed E-state index contributed by atoms with van der Waals surface area (Å²) in [5, 5.41) is 5.81. The van der Waals surface area contributed by atoms with Crippen molar-refractivity contribution in [3.63, 3.8) is 0 Å². The Kier molecular flexibility index (Phi) is 7.45.